The molecule has 28 heavy (non-hydrogen) atoms. The van der Waals surface area contributed by atoms with E-state index in [9.17, 15) is 13.2 Å². The van der Waals surface area contributed by atoms with Gasteiger partial charge in [-0.3, -0.25) is 0 Å². The molecule has 5 nitrogen and oxygen atoms in total. The highest BCUT2D eigenvalue weighted by molar-refractivity contribution is 7.91. The number of benzene rings is 2. The Morgan fingerprint density at radius 1 is 1.07 bits per heavy atom. The highest BCUT2D eigenvalue weighted by Crippen LogP contribution is 2.25. The predicted molar refractivity (Wildman–Crippen MR) is 113 cm³/mol. The van der Waals surface area contributed by atoms with Crippen molar-refractivity contribution < 1.29 is 13.2 Å². The number of sulfone groups is 1. The van der Waals surface area contributed by atoms with Crippen molar-refractivity contribution in [3.8, 4) is 0 Å². The number of carbonyl (C=O) groups excluding carboxylic acids is 1. The van der Waals surface area contributed by atoms with Gasteiger partial charge in [-0.15, -0.1) is 0 Å². The number of hydrogen-bond donors (Lipinski definition) is 1. The molecule has 0 unspecified atom stereocenters. The van der Waals surface area contributed by atoms with E-state index in [2.05, 4.69) is 38.2 Å². The number of nitrogens with one attached hydrogen (secondary N) is 1. The molecule has 0 saturated carbocycles. The molecule has 1 aliphatic heterocycles. The summed E-state index contributed by atoms with van der Waals surface area (Å²) in [5, 5.41) is 2.89. The number of anilines is 1. The molecule has 1 aliphatic rings. The molecule has 1 fully saturated rings. The molecular formula is C22H28N2O3S. The Labute approximate surface area is 167 Å². The molecular weight excluding hydrogens is 372 g/mol. The Bertz CT molecular complexity index is 917. The molecule has 0 aliphatic carbocycles. The van der Waals surface area contributed by atoms with E-state index >= 15 is 0 Å². The van der Waals surface area contributed by atoms with Crippen LogP contribution in [0.5, 0.6) is 0 Å². The molecule has 2 aromatic carbocycles. The van der Waals surface area contributed by atoms with E-state index < -0.39 is 9.84 Å². The van der Waals surface area contributed by atoms with Crippen LogP contribution in [-0.4, -0.2) is 36.9 Å². The summed E-state index contributed by atoms with van der Waals surface area (Å²) in [4.78, 5) is 14.6. The topological polar surface area (TPSA) is 66.5 Å². The Hall–Kier alpha value is -2.34. The third kappa shape index (κ3) is 5.13. The molecule has 2 aromatic rings. The van der Waals surface area contributed by atoms with Crippen molar-refractivity contribution in [3.05, 3.63) is 65.7 Å². The molecule has 0 radical (unpaired) electrons. The van der Waals surface area contributed by atoms with Crippen LogP contribution >= 0.6 is 0 Å². The van der Waals surface area contributed by atoms with Crippen molar-refractivity contribution in [1.82, 2.24) is 4.90 Å². The third-order valence-corrected chi connectivity index (χ3v) is 6.86. The number of hydrogen-bond acceptors (Lipinski definition) is 3. The molecule has 1 heterocycles. The highest BCUT2D eigenvalue weighted by atomic mass is 32.2. The average molecular weight is 401 g/mol. The van der Waals surface area contributed by atoms with Crippen LogP contribution in [0.25, 0.3) is 0 Å². The summed E-state index contributed by atoms with van der Waals surface area (Å²) >= 11 is 0. The third-order valence-electron chi connectivity index (χ3n) is 5.11. The van der Waals surface area contributed by atoms with Gasteiger partial charge in [-0.05, 0) is 35.1 Å². The van der Waals surface area contributed by atoms with Crippen LogP contribution in [0.15, 0.2) is 54.6 Å². The molecule has 1 N–H and O–H groups in total. The van der Waals surface area contributed by atoms with E-state index in [4.69, 9.17) is 0 Å². The summed E-state index contributed by atoms with van der Waals surface area (Å²) in [6, 6.07) is 16.8. The standard InChI is InChI=1S/C22H28N2O3S/c1-22(2,3)18-11-9-17(10-12-18)15-24(20-13-14-28(26,27)16-20)21(25)23-19-7-5-4-6-8-19/h4-12,20H,13-16H2,1-3H3,(H,23,25)/t20-/m0/s1. The first kappa shape index (κ1) is 20.4. The molecule has 2 amide bonds. The van der Waals surface area contributed by atoms with Crippen molar-refractivity contribution in [3.63, 3.8) is 0 Å². The SMILES string of the molecule is CC(C)(C)c1ccc(CN(C(=O)Nc2ccccc2)[C@H]2CCS(=O)(=O)C2)cc1. The minimum absolute atomic E-state index is 0.0231. The van der Waals surface area contributed by atoms with Gasteiger partial charge in [-0.25, -0.2) is 13.2 Å². The van der Waals surface area contributed by atoms with Gasteiger partial charge < -0.3 is 10.2 Å². The molecule has 150 valence electrons. The quantitative estimate of drug-likeness (QED) is 0.836. The number of carbonyl (C=O) groups is 1. The number of amides is 2. The lowest BCUT2D eigenvalue weighted by Crippen LogP contribution is -2.43. The molecule has 0 aromatic heterocycles. The fourth-order valence-electron chi connectivity index (χ4n) is 3.41. The maximum Gasteiger partial charge on any atom is 0.322 e. The Kier molecular flexibility index (Phi) is 5.79. The summed E-state index contributed by atoms with van der Waals surface area (Å²) in [6.45, 7) is 6.85. The first-order valence-corrected chi connectivity index (χ1v) is 11.4. The second kappa shape index (κ2) is 7.95. The molecule has 6 heteroatoms. The van der Waals surface area contributed by atoms with Crippen molar-refractivity contribution in [2.75, 3.05) is 16.8 Å². The molecule has 1 atom stereocenters. The predicted octanol–water partition coefficient (Wildman–Crippen LogP) is 4.21. The van der Waals surface area contributed by atoms with Crippen molar-refractivity contribution >= 4 is 21.6 Å². The van der Waals surface area contributed by atoms with Crippen molar-refractivity contribution in [1.29, 1.82) is 0 Å². The summed E-state index contributed by atoms with van der Waals surface area (Å²) in [5.74, 6) is 0.158. The minimum atomic E-state index is -3.09. The van der Waals surface area contributed by atoms with Crippen molar-refractivity contribution in [2.45, 2.75) is 45.2 Å². The Morgan fingerprint density at radius 3 is 2.25 bits per heavy atom. The molecule has 0 bridgehead atoms. The maximum atomic E-state index is 13.0. The largest absolute Gasteiger partial charge is 0.322 e. The van der Waals surface area contributed by atoms with Gasteiger partial charge in [-0.1, -0.05) is 63.2 Å². The van der Waals surface area contributed by atoms with Gasteiger partial charge in [0.05, 0.1) is 11.5 Å². The second-order valence-electron chi connectivity index (χ2n) is 8.43. The first-order chi connectivity index (χ1) is 13.1. The lowest BCUT2D eigenvalue weighted by Gasteiger charge is -2.29. The van der Waals surface area contributed by atoms with E-state index in [1.807, 2.05) is 42.5 Å². The summed E-state index contributed by atoms with van der Waals surface area (Å²) in [7, 11) is -3.09. The zero-order valence-electron chi connectivity index (χ0n) is 16.7. The summed E-state index contributed by atoms with van der Waals surface area (Å²) in [6.07, 6.45) is 0.477. The number of urea groups is 1. The van der Waals surface area contributed by atoms with E-state index in [1.165, 1.54) is 5.56 Å². The van der Waals surface area contributed by atoms with Gasteiger partial charge in [0.25, 0.3) is 0 Å². The maximum absolute atomic E-state index is 13.0. The van der Waals surface area contributed by atoms with Gasteiger partial charge in [-0.2, -0.15) is 0 Å². The van der Waals surface area contributed by atoms with Gasteiger partial charge >= 0.3 is 6.03 Å². The normalized spacial score (nSPS) is 18.6. The fourth-order valence-corrected chi connectivity index (χ4v) is 5.14. The van der Waals surface area contributed by atoms with Gasteiger partial charge in [0.2, 0.25) is 0 Å². The van der Waals surface area contributed by atoms with E-state index in [1.54, 1.807) is 4.90 Å². The smallest absolute Gasteiger partial charge is 0.316 e. The average Bonchev–Trinajstić information content (AvgIpc) is 2.99. The van der Waals surface area contributed by atoms with Crippen LogP contribution in [0.3, 0.4) is 0 Å². The number of nitrogens with zero attached hydrogens (tertiary/aromatic N) is 1. The molecule has 1 saturated heterocycles. The zero-order chi connectivity index (χ0) is 20.4. The highest BCUT2D eigenvalue weighted by Gasteiger charge is 2.34. The van der Waals surface area contributed by atoms with Crippen LogP contribution in [0, 0.1) is 0 Å². The minimum Gasteiger partial charge on any atom is -0.316 e. The van der Waals surface area contributed by atoms with Crippen LogP contribution < -0.4 is 5.32 Å². The number of rotatable bonds is 4. The van der Waals surface area contributed by atoms with Crippen LogP contribution in [0.2, 0.25) is 0 Å². The molecule has 3 rings (SSSR count). The lowest BCUT2D eigenvalue weighted by atomic mass is 9.87. The van der Waals surface area contributed by atoms with E-state index in [0.29, 0.717) is 18.7 Å². The Morgan fingerprint density at radius 2 is 1.71 bits per heavy atom. The van der Waals surface area contributed by atoms with Crippen LogP contribution in [0.1, 0.15) is 38.3 Å². The second-order valence-corrected chi connectivity index (χ2v) is 10.7. The van der Waals surface area contributed by atoms with Gasteiger partial charge in [0.1, 0.15) is 0 Å². The van der Waals surface area contributed by atoms with E-state index in [-0.39, 0.29) is 29.0 Å². The first-order valence-electron chi connectivity index (χ1n) is 9.56. The van der Waals surface area contributed by atoms with Gasteiger partial charge in [0, 0.05) is 18.3 Å². The fraction of sp³-hybridized carbons (Fsp3) is 0.409. The number of para-hydroxylation sites is 1. The van der Waals surface area contributed by atoms with E-state index in [0.717, 1.165) is 5.56 Å². The van der Waals surface area contributed by atoms with Crippen molar-refractivity contribution in [2.24, 2.45) is 0 Å². The van der Waals surface area contributed by atoms with Crippen LogP contribution in [0.4, 0.5) is 10.5 Å². The molecule has 0 spiro atoms. The van der Waals surface area contributed by atoms with Gasteiger partial charge in [0.15, 0.2) is 9.84 Å². The van der Waals surface area contributed by atoms with Crippen LogP contribution in [-0.2, 0) is 21.8 Å². The monoisotopic (exact) mass is 400 g/mol. The Balaban J connectivity index is 1.81. The summed E-state index contributed by atoms with van der Waals surface area (Å²) < 4.78 is 24.0. The summed E-state index contributed by atoms with van der Waals surface area (Å²) in [5.41, 5.74) is 2.96. The zero-order valence-corrected chi connectivity index (χ0v) is 17.5. The lowest BCUT2D eigenvalue weighted by molar-refractivity contribution is 0.190.